The number of aromatic nitrogens is 1. The quantitative estimate of drug-likeness (QED) is 0.818. The molecule has 2 saturated heterocycles. The van der Waals surface area contributed by atoms with Crippen molar-refractivity contribution in [1.29, 1.82) is 0 Å². The average molecular weight is 388 g/mol. The summed E-state index contributed by atoms with van der Waals surface area (Å²) in [5, 5.41) is 11.6. The van der Waals surface area contributed by atoms with E-state index in [9.17, 15) is 22.8 Å². The number of amides is 2. The van der Waals surface area contributed by atoms with Gasteiger partial charge in [0.15, 0.2) is 5.82 Å². The van der Waals surface area contributed by atoms with Crippen molar-refractivity contribution >= 4 is 23.5 Å². The molecule has 2 atom stereocenters. The number of morpholine rings is 1. The first kappa shape index (κ1) is 19.2. The van der Waals surface area contributed by atoms with Crippen LogP contribution >= 0.6 is 0 Å². The molecule has 0 aliphatic carbocycles. The summed E-state index contributed by atoms with van der Waals surface area (Å²) in [5.74, 6) is -5.13. The number of carbonyl (C=O) groups is 2. The lowest BCUT2D eigenvalue weighted by Crippen LogP contribution is -2.38. The smallest absolute Gasteiger partial charge is 0.394 e. The highest BCUT2D eigenvalue weighted by molar-refractivity contribution is 5.92. The molecule has 2 fully saturated rings. The third kappa shape index (κ3) is 4.24. The molecule has 11 heteroatoms. The van der Waals surface area contributed by atoms with Crippen molar-refractivity contribution in [3.8, 4) is 0 Å². The number of aliphatic carboxylic acids is 1. The minimum absolute atomic E-state index is 0.215. The molecule has 0 saturated carbocycles. The van der Waals surface area contributed by atoms with Crippen LogP contribution in [0.1, 0.15) is 0 Å². The summed E-state index contributed by atoms with van der Waals surface area (Å²) in [6.45, 7) is 1.01. The lowest BCUT2D eigenvalue weighted by molar-refractivity contribution is -0.187. The highest BCUT2D eigenvalue weighted by atomic mass is 19.4. The van der Waals surface area contributed by atoms with Crippen LogP contribution in [0.4, 0.5) is 29.5 Å². The zero-order chi connectivity index (χ0) is 19.6. The number of nitrogens with zero attached hydrogens (tertiary/aromatic N) is 3. The van der Waals surface area contributed by atoms with Gasteiger partial charge < -0.3 is 19.6 Å². The SMILES string of the molecule is O=C(O)[C@@H]1CN(C(=O)Nc2ncccc2N2CCOCC2)C[C@H]1C(F)(F)F. The number of nitrogens with one attached hydrogen (secondary N) is 1. The van der Waals surface area contributed by atoms with Crippen LogP contribution < -0.4 is 10.2 Å². The Balaban J connectivity index is 1.74. The van der Waals surface area contributed by atoms with E-state index in [0.29, 0.717) is 32.0 Å². The van der Waals surface area contributed by atoms with E-state index in [4.69, 9.17) is 9.84 Å². The molecule has 3 rings (SSSR count). The molecule has 0 aromatic carbocycles. The number of hydrogen-bond donors (Lipinski definition) is 2. The van der Waals surface area contributed by atoms with E-state index in [-0.39, 0.29) is 5.82 Å². The van der Waals surface area contributed by atoms with Crippen molar-refractivity contribution < 1.29 is 32.6 Å². The van der Waals surface area contributed by atoms with Crippen LogP contribution in [0.3, 0.4) is 0 Å². The number of carboxylic acids is 1. The van der Waals surface area contributed by atoms with Gasteiger partial charge in [-0.05, 0) is 12.1 Å². The number of ether oxygens (including phenoxy) is 1. The molecule has 0 bridgehead atoms. The van der Waals surface area contributed by atoms with E-state index >= 15 is 0 Å². The fraction of sp³-hybridized carbons (Fsp3) is 0.562. The second-order valence-electron chi connectivity index (χ2n) is 6.40. The van der Waals surface area contributed by atoms with Gasteiger partial charge in [-0.2, -0.15) is 13.2 Å². The normalized spacial score (nSPS) is 23.4. The summed E-state index contributed by atoms with van der Waals surface area (Å²) < 4.78 is 44.5. The number of halogens is 3. The van der Waals surface area contributed by atoms with Gasteiger partial charge in [-0.1, -0.05) is 0 Å². The highest BCUT2D eigenvalue weighted by Crippen LogP contribution is 2.38. The molecule has 0 spiro atoms. The van der Waals surface area contributed by atoms with Gasteiger partial charge in [0.1, 0.15) is 0 Å². The molecule has 1 aromatic rings. The summed E-state index contributed by atoms with van der Waals surface area (Å²) in [7, 11) is 0. The Labute approximate surface area is 152 Å². The number of pyridine rings is 1. The van der Waals surface area contributed by atoms with Gasteiger partial charge in [0.05, 0.1) is 30.7 Å². The van der Waals surface area contributed by atoms with Crippen molar-refractivity contribution in [2.75, 3.05) is 49.6 Å². The number of carboxylic acid groups (broad SMARTS) is 1. The molecule has 0 unspecified atom stereocenters. The Hall–Kier alpha value is -2.56. The van der Waals surface area contributed by atoms with Crippen molar-refractivity contribution in [2.45, 2.75) is 6.18 Å². The fourth-order valence-corrected chi connectivity index (χ4v) is 3.28. The van der Waals surface area contributed by atoms with Gasteiger partial charge in [0.2, 0.25) is 0 Å². The Bertz CT molecular complexity index is 709. The first-order valence-electron chi connectivity index (χ1n) is 8.40. The maximum absolute atomic E-state index is 13.1. The van der Waals surface area contributed by atoms with Crippen LogP contribution in [0.15, 0.2) is 18.3 Å². The first-order chi connectivity index (χ1) is 12.8. The number of anilines is 2. The van der Waals surface area contributed by atoms with Gasteiger partial charge in [0.25, 0.3) is 0 Å². The predicted molar refractivity (Wildman–Crippen MR) is 88.5 cm³/mol. The summed E-state index contributed by atoms with van der Waals surface area (Å²) in [4.78, 5) is 30.5. The number of urea groups is 1. The summed E-state index contributed by atoms with van der Waals surface area (Å²) in [6, 6.07) is 2.63. The number of carbonyl (C=O) groups excluding carboxylic acids is 1. The maximum Gasteiger partial charge on any atom is 0.394 e. The van der Waals surface area contributed by atoms with Crippen molar-refractivity contribution in [3.63, 3.8) is 0 Å². The Kier molecular flexibility index (Phi) is 5.40. The molecular weight excluding hydrogens is 369 g/mol. The third-order valence-corrected chi connectivity index (χ3v) is 4.71. The van der Waals surface area contributed by atoms with Crippen LogP contribution in [0.5, 0.6) is 0 Å². The van der Waals surface area contributed by atoms with Crippen molar-refractivity contribution in [2.24, 2.45) is 11.8 Å². The number of rotatable bonds is 3. The summed E-state index contributed by atoms with van der Waals surface area (Å²) >= 11 is 0. The van der Waals surface area contributed by atoms with E-state index in [2.05, 4.69) is 10.3 Å². The van der Waals surface area contributed by atoms with E-state index in [0.717, 1.165) is 4.90 Å². The lowest BCUT2D eigenvalue weighted by Gasteiger charge is -2.30. The van der Waals surface area contributed by atoms with Crippen LogP contribution in [-0.4, -0.2) is 72.6 Å². The van der Waals surface area contributed by atoms with E-state index in [1.54, 1.807) is 12.1 Å². The van der Waals surface area contributed by atoms with E-state index in [1.165, 1.54) is 6.20 Å². The van der Waals surface area contributed by atoms with Crippen LogP contribution in [0.2, 0.25) is 0 Å². The van der Waals surface area contributed by atoms with Gasteiger partial charge in [-0.3, -0.25) is 10.1 Å². The van der Waals surface area contributed by atoms with Gasteiger partial charge in [-0.25, -0.2) is 9.78 Å². The first-order valence-corrected chi connectivity index (χ1v) is 8.40. The van der Waals surface area contributed by atoms with Crippen molar-refractivity contribution in [3.05, 3.63) is 18.3 Å². The van der Waals surface area contributed by atoms with Crippen LogP contribution in [-0.2, 0) is 9.53 Å². The molecule has 2 amide bonds. The largest absolute Gasteiger partial charge is 0.481 e. The molecular formula is C16H19F3N4O4. The number of likely N-dealkylation sites (tertiary alicyclic amines) is 1. The predicted octanol–water partition coefficient (Wildman–Crippen LogP) is 1.64. The monoisotopic (exact) mass is 388 g/mol. The standard InChI is InChI=1S/C16H19F3N4O4/c17-16(18,19)11-9-23(8-10(11)14(24)25)15(26)21-13-12(2-1-3-20-13)22-4-6-27-7-5-22/h1-3,10-11H,4-9H2,(H,24,25)(H,20,21,26)/t10-,11-/m1/s1. The second kappa shape index (κ2) is 7.59. The zero-order valence-electron chi connectivity index (χ0n) is 14.3. The Morgan fingerprint density at radius 2 is 1.96 bits per heavy atom. The molecule has 1 aromatic heterocycles. The summed E-state index contributed by atoms with van der Waals surface area (Å²) in [6.07, 6.45) is -3.23. The van der Waals surface area contributed by atoms with E-state index in [1.807, 2.05) is 4.90 Å². The fourth-order valence-electron chi connectivity index (χ4n) is 3.28. The molecule has 27 heavy (non-hydrogen) atoms. The van der Waals surface area contributed by atoms with Crippen LogP contribution in [0, 0.1) is 11.8 Å². The molecule has 0 radical (unpaired) electrons. The lowest BCUT2D eigenvalue weighted by atomic mass is 9.96. The zero-order valence-corrected chi connectivity index (χ0v) is 14.3. The molecule has 148 valence electrons. The molecule has 2 aliphatic heterocycles. The molecule has 3 heterocycles. The van der Waals surface area contributed by atoms with E-state index < -0.39 is 43.1 Å². The van der Waals surface area contributed by atoms with Crippen LogP contribution in [0.25, 0.3) is 0 Å². The van der Waals surface area contributed by atoms with Gasteiger partial charge in [0, 0.05) is 32.4 Å². The minimum Gasteiger partial charge on any atom is -0.481 e. The third-order valence-electron chi connectivity index (χ3n) is 4.71. The van der Waals surface area contributed by atoms with Crippen molar-refractivity contribution in [1.82, 2.24) is 9.88 Å². The minimum atomic E-state index is -4.69. The second-order valence-corrected chi connectivity index (χ2v) is 6.40. The van der Waals surface area contributed by atoms with Gasteiger partial charge >= 0.3 is 18.2 Å². The highest BCUT2D eigenvalue weighted by Gasteiger charge is 2.53. The summed E-state index contributed by atoms with van der Waals surface area (Å²) in [5.41, 5.74) is 0.635. The van der Waals surface area contributed by atoms with Gasteiger partial charge in [-0.15, -0.1) is 0 Å². The molecule has 8 nitrogen and oxygen atoms in total. The average Bonchev–Trinajstić information content (AvgIpc) is 3.09. The Morgan fingerprint density at radius 3 is 2.56 bits per heavy atom. The Morgan fingerprint density at radius 1 is 1.26 bits per heavy atom. The number of hydrogen-bond acceptors (Lipinski definition) is 5. The maximum atomic E-state index is 13.1. The molecule has 2 aliphatic rings. The number of alkyl halides is 3. The topological polar surface area (TPSA) is 95.0 Å². The molecule has 2 N–H and O–H groups in total.